The maximum absolute atomic E-state index is 13.4. The van der Waals surface area contributed by atoms with Gasteiger partial charge in [0.2, 0.25) is 11.2 Å². The molecule has 0 atom stereocenters. The lowest BCUT2D eigenvalue weighted by Gasteiger charge is -2.19. The number of aryl methyl sites for hydroxylation is 1. The smallest absolute Gasteiger partial charge is 0.235 e. The van der Waals surface area contributed by atoms with E-state index in [4.69, 9.17) is 9.15 Å². The van der Waals surface area contributed by atoms with Crippen molar-refractivity contribution in [3.8, 4) is 17.1 Å². The summed E-state index contributed by atoms with van der Waals surface area (Å²) in [4.78, 5) is 13.4. The van der Waals surface area contributed by atoms with Crippen LogP contribution in [0.2, 0.25) is 0 Å². The quantitative estimate of drug-likeness (QED) is 0.307. The molecule has 4 heteroatoms. The summed E-state index contributed by atoms with van der Waals surface area (Å²) in [5.74, 6) is 0.698. The third-order valence-corrected chi connectivity index (χ3v) is 5.84. The zero-order chi connectivity index (χ0) is 22.2. The third kappa shape index (κ3) is 4.59. The van der Waals surface area contributed by atoms with Crippen molar-refractivity contribution in [2.24, 2.45) is 0 Å². The van der Waals surface area contributed by atoms with E-state index in [-0.39, 0.29) is 23.2 Å². The van der Waals surface area contributed by atoms with Gasteiger partial charge < -0.3 is 9.15 Å². The van der Waals surface area contributed by atoms with Gasteiger partial charge in [-0.25, -0.2) is 0 Å². The summed E-state index contributed by atoms with van der Waals surface area (Å²) in [5.41, 5.74) is 4.45. The molecule has 4 rings (SSSR count). The Kier molecular flexibility index (Phi) is 5.76. The van der Waals surface area contributed by atoms with Crippen LogP contribution in [0, 0.1) is 6.92 Å². The van der Waals surface area contributed by atoms with E-state index in [0.29, 0.717) is 16.7 Å². The van der Waals surface area contributed by atoms with E-state index in [2.05, 4.69) is 48.8 Å². The van der Waals surface area contributed by atoms with Gasteiger partial charge in [0.25, 0.3) is 0 Å². The largest absolute Gasteiger partial charge is 0.481 e. The molecule has 4 aromatic rings. The fourth-order valence-corrected chi connectivity index (χ4v) is 3.74. The highest BCUT2D eigenvalue weighted by molar-refractivity contribution is 9.10. The topological polar surface area (TPSA) is 39.4 Å². The van der Waals surface area contributed by atoms with Gasteiger partial charge in [-0.05, 0) is 47.7 Å². The van der Waals surface area contributed by atoms with Gasteiger partial charge >= 0.3 is 0 Å². The lowest BCUT2D eigenvalue weighted by molar-refractivity contribution is 0.298. The molecule has 1 heterocycles. The van der Waals surface area contributed by atoms with Crippen molar-refractivity contribution in [1.29, 1.82) is 0 Å². The molecule has 0 fully saturated rings. The second-order valence-corrected chi connectivity index (χ2v) is 9.75. The second kappa shape index (κ2) is 8.35. The van der Waals surface area contributed by atoms with Crippen LogP contribution in [-0.4, -0.2) is 0 Å². The minimum absolute atomic E-state index is 0.0428. The molecule has 0 aliphatic rings. The molecule has 0 saturated carbocycles. The highest BCUT2D eigenvalue weighted by Gasteiger charge is 2.19. The number of hydrogen-bond donors (Lipinski definition) is 0. The average molecular weight is 477 g/mol. The first-order valence-electron chi connectivity index (χ1n) is 10.3. The van der Waals surface area contributed by atoms with E-state index in [1.165, 1.54) is 5.56 Å². The highest BCUT2D eigenvalue weighted by Crippen LogP contribution is 2.33. The van der Waals surface area contributed by atoms with Crippen molar-refractivity contribution in [3.63, 3.8) is 0 Å². The monoisotopic (exact) mass is 476 g/mol. The maximum Gasteiger partial charge on any atom is 0.235 e. The number of halogens is 1. The van der Waals surface area contributed by atoms with Crippen molar-refractivity contribution in [1.82, 2.24) is 0 Å². The fourth-order valence-electron chi connectivity index (χ4n) is 3.47. The Morgan fingerprint density at radius 3 is 2.26 bits per heavy atom. The molecule has 0 aliphatic carbocycles. The van der Waals surface area contributed by atoms with Gasteiger partial charge in [-0.1, -0.05) is 84.7 Å². The van der Waals surface area contributed by atoms with E-state index in [0.717, 1.165) is 21.2 Å². The van der Waals surface area contributed by atoms with E-state index in [1.54, 1.807) is 0 Å². The molecule has 3 nitrogen and oxygen atoms in total. The molecule has 3 aromatic carbocycles. The van der Waals surface area contributed by atoms with E-state index >= 15 is 0 Å². The Morgan fingerprint density at radius 2 is 1.61 bits per heavy atom. The molecular weight excluding hydrogens is 452 g/mol. The standard InChI is InChI=1S/C27H25BrO3/c1-17-5-14-23-22(15-17)24(29)26(30-16-18-6-12-21(28)13-7-18)25(31-23)19-8-10-20(11-9-19)27(2,3)4/h5-15H,16H2,1-4H3. The predicted molar refractivity (Wildman–Crippen MR) is 130 cm³/mol. The van der Waals surface area contributed by atoms with Crippen LogP contribution in [0.25, 0.3) is 22.3 Å². The van der Waals surface area contributed by atoms with Crippen LogP contribution in [0.5, 0.6) is 5.75 Å². The summed E-state index contributed by atoms with van der Waals surface area (Å²) in [6, 6.07) is 21.6. The van der Waals surface area contributed by atoms with Gasteiger partial charge in [-0.15, -0.1) is 0 Å². The van der Waals surface area contributed by atoms with Crippen LogP contribution in [0.3, 0.4) is 0 Å². The van der Waals surface area contributed by atoms with Crippen LogP contribution >= 0.6 is 15.9 Å². The summed E-state index contributed by atoms with van der Waals surface area (Å²) in [5, 5.41) is 0.529. The number of fused-ring (bicyclic) bond motifs is 1. The van der Waals surface area contributed by atoms with Crippen LogP contribution in [-0.2, 0) is 12.0 Å². The van der Waals surface area contributed by atoms with Gasteiger partial charge in [0, 0.05) is 10.0 Å². The Morgan fingerprint density at radius 1 is 0.935 bits per heavy atom. The molecule has 0 N–H and O–H groups in total. The Labute approximate surface area is 190 Å². The minimum atomic E-state index is -0.156. The van der Waals surface area contributed by atoms with Gasteiger partial charge in [-0.2, -0.15) is 0 Å². The van der Waals surface area contributed by atoms with Crippen molar-refractivity contribution in [3.05, 3.63) is 98.1 Å². The Hall–Kier alpha value is -2.85. The van der Waals surface area contributed by atoms with Crippen molar-refractivity contribution < 1.29 is 9.15 Å². The first kappa shape index (κ1) is 21.4. The highest BCUT2D eigenvalue weighted by atomic mass is 79.9. The molecule has 0 bridgehead atoms. The van der Waals surface area contributed by atoms with E-state index < -0.39 is 0 Å². The van der Waals surface area contributed by atoms with Crippen LogP contribution in [0.15, 0.2) is 80.4 Å². The molecule has 0 amide bonds. The van der Waals surface area contributed by atoms with Crippen molar-refractivity contribution in [2.45, 2.75) is 39.7 Å². The number of hydrogen-bond acceptors (Lipinski definition) is 3. The first-order chi connectivity index (χ1) is 14.7. The van der Waals surface area contributed by atoms with Gasteiger partial charge in [0.05, 0.1) is 5.39 Å². The van der Waals surface area contributed by atoms with E-state index in [1.807, 2.05) is 61.5 Å². The van der Waals surface area contributed by atoms with Crippen LogP contribution in [0.4, 0.5) is 0 Å². The number of rotatable bonds is 4. The molecule has 31 heavy (non-hydrogen) atoms. The minimum Gasteiger partial charge on any atom is -0.481 e. The summed E-state index contributed by atoms with van der Waals surface area (Å²) < 4.78 is 13.3. The summed E-state index contributed by atoms with van der Waals surface area (Å²) >= 11 is 3.44. The fraction of sp³-hybridized carbons (Fsp3) is 0.222. The lowest BCUT2D eigenvalue weighted by Crippen LogP contribution is -2.11. The zero-order valence-electron chi connectivity index (χ0n) is 18.2. The van der Waals surface area contributed by atoms with Gasteiger partial charge in [-0.3, -0.25) is 4.79 Å². The molecule has 1 aromatic heterocycles. The molecule has 158 valence electrons. The molecule has 0 spiro atoms. The summed E-state index contributed by atoms with van der Waals surface area (Å²) in [7, 11) is 0. The molecule has 0 unspecified atom stereocenters. The second-order valence-electron chi connectivity index (χ2n) is 8.83. The SMILES string of the molecule is Cc1ccc2oc(-c3ccc(C(C)(C)C)cc3)c(OCc3ccc(Br)cc3)c(=O)c2c1. The van der Waals surface area contributed by atoms with Crippen LogP contribution in [0.1, 0.15) is 37.5 Å². The summed E-state index contributed by atoms with van der Waals surface area (Å²) in [6.07, 6.45) is 0. The maximum atomic E-state index is 13.4. The molecular formula is C27H25BrO3. The van der Waals surface area contributed by atoms with Gasteiger partial charge in [0.1, 0.15) is 12.2 Å². The summed E-state index contributed by atoms with van der Waals surface area (Å²) in [6.45, 7) is 8.76. The van der Waals surface area contributed by atoms with E-state index in [9.17, 15) is 4.79 Å². The Balaban J connectivity index is 1.82. The predicted octanol–water partition coefficient (Wildman–Crippen LogP) is 7.41. The van der Waals surface area contributed by atoms with Crippen molar-refractivity contribution in [2.75, 3.05) is 0 Å². The molecule has 0 saturated heterocycles. The zero-order valence-corrected chi connectivity index (χ0v) is 19.7. The first-order valence-corrected chi connectivity index (χ1v) is 11.1. The van der Waals surface area contributed by atoms with Crippen molar-refractivity contribution >= 4 is 26.9 Å². The Bertz CT molecular complexity index is 1280. The number of benzene rings is 3. The number of ether oxygens (including phenoxy) is 1. The molecule has 0 aliphatic heterocycles. The normalized spacial score (nSPS) is 11.6. The average Bonchev–Trinajstić information content (AvgIpc) is 2.74. The lowest BCUT2D eigenvalue weighted by atomic mass is 9.86. The van der Waals surface area contributed by atoms with Crippen LogP contribution < -0.4 is 10.2 Å². The molecule has 0 radical (unpaired) electrons. The van der Waals surface area contributed by atoms with Gasteiger partial charge in [0.15, 0.2) is 5.76 Å². The third-order valence-electron chi connectivity index (χ3n) is 5.31.